The fourth-order valence-electron chi connectivity index (χ4n) is 0.789. The van der Waals surface area contributed by atoms with E-state index in [2.05, 4.69) is 4.74 Å². The third-order valence-electron chi connectivity index (χ3n) is 1.68. The quantitative estimate of drug-likeness (QED) is 0.503. The predicted octanol–water partition coefficient (Wildman–Crippen LogP) is 1.73. The molecule has 0 aromatic rings. The molecule has 0 bridgehead atoms. The standard InChI is InChI=1S/C8H13ClO3/c1-8(2,7(11)12-3)5-4-6(9)10/h4-5H2,1-3H3. The molecule has 0 unspecified atom stereocenters. The minimum atomic E-state index is -0.626. The highest BCUT2D eigenvalue weighted by Gasteiger charge is 2.28. The molecule has 0 aliphatic heterocycles. The molecular formula is C8H13ClO3. The zero-order valence-corrected chi connectivity index (χ0v) is 8.27. The number of carbonyl (C=O) groups is 2. The molecule has 0 radical (unpaired) electrons. The summed E-state index contributed by atoms with van der Waals surface area (Å²) in [5, 5.41) is -0.424. The van der Waals surface area contributed by atoms with E-state index in [1.54, 1.807) is 13.8 Å². The molecule has 0 aliphatic rings. The van der Waals surface area contributed by atoms with Crippen LogP contribution >= 0.6 is 11.6 Å². The van der Waals surface area contributed by atoms with Crippen LogP contribution < -0.4 is 0 Å². The lowest BCUT2D eigenvalue weighted by Gasteiger charge is -2.19. The summed E-state index contributed by atoms with van der Waals surface area (Å²) in [5.74, 6) is -0.319. The monoisotopic (exact) mass is 192 g/mol. The Bertz CT molecular complexity index is 187. The first kappa shape index (κ1) is 11.4. The summed E-state index contributed by atoms with van der Waals surface area (Å²) in [6.07, 6.45) is 0.617. The molecule has 0 amide bonds. The first-order valence-electron chi connectivity index (χ1n) is 3.67. The topological polar surface area (TPSA) is 43.4 Å². The van der Waals surface area contributed by atoms with Crippen molar-refractivity contribution in [1.82, 2.24) is 0 Å². The average molecular weight is 193 g/mol. The van der Waals surface area contributed by atoms with Gasteiger partial charge in [0.2, 0.25) is 5.24 Å². The summed E-state index contributed by atoms with van der Waals surface area (Å²) < 4.78 is 4.55. The van der Waals surface area contributed by atoms with Crippen molar-refractivity contribution in [3.05, 3.63) is 0 Å². The second kappa shape index (κ2) is 4.45. The molecule has 0 spiro atoms. The fraction of sp³-hybridized carbons (Fsp3) is 0.750. The molecule has 4 heteroatoms. The van der Waals surface area contributed by atoms with Gasteiger partial charge in [0, 0.05) is 6.42 Å². The average Bonchev–Trinajstić information content (AvgIpc) is 1.99. The molecule has 0 saturated carbocycles. The van der Waals surface area contributed by atoms with Crippen molar-refractivity contribution in [2.75, 3.05) is 7.11 Å². The zero-order chi connectivity index (χ0) is 9.78. The highest BCUT2D eigenvalue weighted by molar-refractivity contribution is 6.63. The lowest BCUT2D eigenvalue weighted by atomic mass is 9.88. The summed E-state index contributed by atoms with van der Waals surface area (Å²) in [6.45, 7) is 3.44. The molecule has 3 nitrogen and oxygen atoms in total. The number of hydrogen-bond donors (Lipinski definition) is 0. The second-order valence-corrected chi connectivity index (χ2v) is 3.65. The molecule has 0 atom stereocenters. The number of esters is 1. The number of carbonyl (C=O) groups excluding carboxylic acids is 2. The molecule has 0 saturated heterocycles. The summed E-state index contributed by atoms with van der Waals surface area (Å²) in [7, 11) is 1.33. The van der Waals surface area contributed by atoms with Crippen LogP contribution in [0.3, 0.4) is 0 Å². The second-order valence-electron chi connectivity index (χ2n) is 3.23. The maximum atomic E-state index is 11.1. The van der Waals surface area contributed by atoms with Crippen molar-refractivity contribution < 1.29 is 14.3 Å². The van der Waals surface area contributed by atoms with Crippen LogP contribution in [0.4, 0.5) is 0 Å². The van der Waals surface area contributed by atoms with E-state index in [9.17, 15) is 9.59 Å². The minimum absolute atomic E-state index is 0.198. The van der Waals surface area contributed by atoms with E-state index in [0.717, 1.165) is 0 Å². The van der Waals surface area contributed by atoms with Crippen molar-refractivity contribution in [1.29, 1.82) is 0 Å². The molecule has 70 valence electrons. The number of hydrogen-bond acceptors (Lipinski definition) is 3. The van der Waals surface area contributed by atoms with Crippen LogP contribution in [0.15, 0.2) is 0 Å². The van der Waals surface area contributed by atoms with Crippen molar-refractivity contribution in [2.45, 2.75) is 26.7 Å². The largest absolute Gasteiger partial charge is 0.469 e. The first-order valence-corrected chi connectivity index (χ1v) is 4.04. The van der Waals surface area contributed by atoms with Gasteiger partial charge in [-0.15, -0.1) is 0 Å². The van der Waals surface area contributed by atoms with E-state index in [-0.39, 0.29) is 12.4 Å². The van der Waals surface area contributed by atoms with Gasteiger partial charge in [0.25, 0.3) is 0 Å². The molecule has 0 aromatic heterocycles. The summed E-state index contributed by atoms with van der Waals surface area (Å²) in [6, 6.07) is 0. The van der Waals surface area contributed by atoms with E-state index in [1.807, 2.05) is 0 Å². The molecule has 0 aliphatic carbocycles. The summed E-state index contributed by atoms with van der Waals surface area (Å²) in [5.41, 5.74) is -0.626. The number of rotatable bonds is 4. The lowest BCUT2D eigenvalue weighted by Crippen LogP contribution is -2.25. The van der Waals surface area contributed by atoms with Gasteiger partial charge in [0.1, 0.15) is 0 Å². The Balaban J connectivity index is 4.03. The third kappa shape index (κ3) is 3.72. The number of methoxy groups -OCH3 is 1. The Hall–Kier alpha value is -0.570. The lowest BCUT2D eigenvalue weighted by molar-refractivity contribution is -0.151. The SMILES string of the molecule is COC(=O)C(C)(C)CCC(=O)Cl. The molecular weight excluding hydrogens is 180 g/mol. The highest BCUT2D eigenvalue weighted by Crippen LogP contribution is 2.24. The maximum Gasteiger partial charge on any atom is 0.311 e. The van der Waals surface area contributed by atoms with Gasteiger partial charge in [0.15, 0.2) is 0 Å². The van der Waals surface area contributed by atoms with Crippen LogP contribution in [-0.2, 0) is 14.3 Å². The van der Waals surface area contributed by atoms with E-state index >= 15 is 0 Å². The van der Waals surface area contributed by atoms with Crippen LogP contribution in [0.5, 0.6) is 0 Å². The Morgan fingerprint density at radius 1 is 1.42 bits per heavy atom. The molecule has 0 heterocycles. The summed E-state index contributed by atoms with van der Waals surface area (Å²) >= 11 is 5.14. The van der Waals surface area contributed by atoms with Gasteiger partial charge in [-0.05, 0) is 31.9 Å². The van der Waals surface area contributed by atoms with Crippen molar-refractivity contribution >= 4 is 22.8 Å². The normalized spacial score (nSPS) is 11.0. The van der Waals surface area contributed by atoms with Crippen LogP contribution in [0.2, 0.25) is 0 Å². The third-order valence-corrected chi connectivity index (χ3v) is 1.87. The smallest absolute Gasteiger partial charge is 0.311 e. The van der Waals surface area contributed by atoms with Crippen molar-refractivity contribution in [3.63, 3.8) is 0 Å². The van der Waals surface area contributed by atoms with Crippen molar-refractivity contribution in [2.24, 2.45) is 5.41 Å². The highest BCUT2D eigenvalue weighted by atomic mass is 35.5. The summed E-state index contributed by atoms with van der Waals surface area (Å²) in [4.78, 5) is 21.5. The van der Waals surface area contributed by atoms with Gasteiger partial charge in [0.05, 0.1) is 12.5 Å². The van der Waals surface area contributed by atoms with Gasteiger partial charge in [-0.3, -0.25) is 9.59 Å². The first-order chi connectivity index (χ1) is 5.40. The zero-order valence-electron chi connectivity index (χ0n) is 7.52. The van der Waals surface area contributed by atoms with Crippen LogP contribution in [0, 0.1) is 5.41 Å². The van der Waals surface area contributed by atoms with E-state index in [4.69, 9.17) is 11.6 Å². The van der Waals surface area contributed by atoms with Crippen molar-refractivity contribution in [3.8, 4) is 0 Å². The Morgan fingerprint density at radius 2 is 1.92 bits per heavy atom. The molecule has 12 heavy (non-hydrogen) atoms. The van der Waals surface area contributed by atoms with Gasteiger partial charge >= 0.3 is 5.97 Å². The Morgan fingerprint density at radius 3 is 2.25 bits per heavy atom. The Labute approximate surface area is 77.0 Å². The Kier molecular flexibility index (Phi) is 4.24. The van der Waals surface area contributed by atoms with Gasteiger partial charge in [-0.1, -0.05) is 0 Å². The minimum Gasteiger partial charge on any atom is -0.469 e. The van der Waals surface area contributed by atoms with Gasteiger partial charge < -0.3 is 4.74 Å². The fourth-order valence-corrected chi connectivity index (χ4v) is 0.884. The maximum absolute atomic E-state index is 11.1. The number of halogens is 1. The predicted molar refractivity (Wildman–Crippen MR) is 45.9 cm³/mol. The molecule has 0 N–H and O–H groups in total. The molecule has 0 aromatic carbocycles. The van der Waals surface area contributed by atoms with Crippen LogP contribution in [-0.4, -0.2) is 18.3 Å². The van der Waals surface area contributed by atoms with E-state index in [1.165, 1.54) is 7.11 Å². The van der Waals surface area contributed by atoms with Gasteiger partial charge in [-0.2, -0.15) is 0 Å². The van der Waals surface area contributed by atoms with Crippen LogP contribution in [0.25, 0.3) is 0 Å². The molecule has 0 rings (SSSR count). The van der Waals surface area contributed by atoms with Crippen LogP contribution in [0.1, 0.15) is 26.7 Å². The van der Waals surface area contributed by atoms with E-state index < -0.39 is 10.7 Å². The number of ether oxygens (including phenoxy) is 1. The van der Waals surface area contributed by atoms with E-state index in [0.29, 0.717) is 6.42 Å². The van der Waals surface area contributed by atoms with Gasteiger partial charge in [-0.25, -0.2) is 0 Å². The molecule has 0 fully saturated rings.